The molecule has 0 amide bonds. The van der Waals surface area contributed by atoms with E-state index in [0.29, 0.717) is 18.0 Å². The van der Waals surface area contributed by atoms with Gasteiger partial charge in [-0.2, -0.15) is 0 Å². The Morgan fingerprint density at radius 2 is 1.86 bits per heavy atom. The Kier molecular flexibility index (Phi) is 5.37. The molecule has 1 heterocycles. The van der Waals surface area contributed by atoms with Crippen LogP contribution in [0, 0.1) is 12.3 Å². The van der Waals surface area contributed by atoms with E-state index in [4.69, 9.17) is 4.74 Å². The monoisotopic (exact) mass is 312 g/mol. The normalized spacial score (nSPS) is 18.6. The van der Waals surface area contributed by atoms with E-state index in [1.165, 1.54) is 0 Å². The van der Waals surface area contributed by atoms with Crippen molar-refractivity contribution in [3.8, 4) is 0 Å². The predicted molar refractivity (Wildman–Crippen MR) is 82.8 cm³/mol. The minimum atomic E-state index is -3.46. The molecule has 0 bridgehead atoms. The van der Waals surface area contributed by atoms with Crippen molar-refractivity contribution in [2.45, 2.75) is 24.7 Å². The Bertz CT molecular complexity index is 543. The number of sulfonamides is 1. The Morgan fingerprint density at radius 3 is 2.43 bits per heavy atom. The molecule has 1 aromatic rings. The third-order valence-corrected chi connectivity index (χ3v) is 5.50. The number of hydrogen-bond acceptors (Lipinski definition) is 4. The molecule has 0 atom stereocenters. The highest BCUT2D eigenvalue weighted by Gasteiger charge is 2.33. The molecule has 0 radical (unpaired) electrons. The number of nitrogens with one attached hydrogen (secondary N) is 2. The molecule has 0 aliphatic carbocycles. The maximum Gasteiger partial charge on any atom is 0.240 e. The highest BCUT2D eigenvalue weighted by atomic mass is 32.2. The van der Waals surface area contributed by atoms with Gasteiger partial charge in [-0.05, 0) is 45.0 Å². The van der Waals surface area contributed by atoms with Gasteiger partial charge in [0, 0.05) is 19.1 Å². The van der Waals surface area contributed by atoms with Gasteiger partial charge in [0.25, 0.3) is 0 Å². The second kappa shape index (κ2) is 6.87. The first-order valence-corrected chi connectivity index (χ1v) is 8.72. The van der Waals surface area contributed by atoms with Crippen LogP contribution in [0.5, 0.6) is 0 Å². The van der Waals surface area contributed by atoms with Crippen molar-refractivity contribution in [1.29, 1.82) is 0 Å². The van der Waals surface area contributed by atoms with Crippen molar-refractivity contribution >= 4 is 10.0 Å². The first-order valence-electron chi connectivity index (χ1n) is 7.23. The summed E-state index contributed by atoms with van der Waals surface area (Å²) in [6.07, 6.45) is 1.83. The summed E-state index contributed by atoms with van der Waals surface area (Å²) in [6, 6.07) is 6.90. The Balaban J connectivity index is 2.07. The fraction of sp³-hybridized carbons (Fsp3) is 0.600. The molecule has 0 spiro atoms. The summed E-state index contributed by atoms with van der Waals surface area (Å²) in [5, 5.41) is 3.30. The van der Waals surface area contributed by atoms with Crippen molar-refractivity contribution < 1.29 is 13.2 Å². The van der Waals surface area contributed by atoms with Gasteiger partial charge in [-0.25, -0.2) is 13.1 Å². The van der Waals surface area contributed by atoms with Gasteiger partial charge in [0.05, 0.1) is 11.5 Å². The number of hydrogen-bond donors (Lipinski definition) is 2. The van der Waals surface area contributed by atoms with Crippen LogP contribution in [0.3, 0.4) is 0 Å². The average Bonchev–Trinajstić information content (AvgIpc) is 2.47. The lowest BCUT2D eigenvalue weighted by Crippen LogP contribution is -2.47. The zero-order valence-corrected chi connectivity index (χ0v) is 13.5. The molecule has 1 aliphatic rings. The summed E-state index contributed by atoms with van der Waals surface area (Å²) < 4.78 is 32.8. The summed E-state index contributed by atoms with van der Waals surface area (Å²) in [7, 11) is -1.79. The van der Waals surface area contributed by atoms with Crippen LogP contribution < -0.4 is 10.0 Å². The highest BCUT2D eigenvalue weighted by Crippen LogP contribution is 2.28. The maximum absolute atomic E-state index is 12.4. The van der Waals surface area contributed by atoms with Crippen molar-refractivity contribution in [1.82, 2.24) is 10.0 Å². The van der Waals surface area contributed by atoms with Crippen molar-refractivity contribution in [2.24, 2.45) is 5.41 Å². The molecule has 2 rings (SSSR count). The maximum atomic E-state index is 12.4. The second-order valence-electron chi connectivity index (χ2n) is 5.82. The van der Waals surface area contributed by atoms with Gasteiger partial charge in [0.2, 0.25) is 10.0 Å². The molecule has 5 nitrogen and oxygen atoms in total. The second-order valence-corrected chi connectivity index (χ2v) is 7.59. The Morgan fingerprint density at radius 1 is 1.24 bits per heavy atom. The molecule has 1 saturated heterocycles. The third kappa shape index (κ3) is 4.26. The molecule has 6 heteroatoms. The van der Waals surface area contributed by atoms with Crippen molar-refractivity contribution in [2.75, 3.05) is 33.4 Å². The van der Waals surface area contributed by atoms with Gasteiger partial charge in [-0.1, -0.05) is 17.7 Å². The van der Waals surface area contributed by atoms with E-state index in [-0.39, 0.29) is 5.41 Å². The molecular formula is C15H24N2O3S. The largest absolute Gasteiger partial charge is 0.384 e. The van der Waals surface area contributed by atoms with E-state index in [0.717, 1.165) is 31.5 Å². The molecular weight excluding hydrogens is 288 g/mol. The van der Waals surface area contributed by atoms with Crippen LogP contribution in [0.15, 0.2) is 29.2 Å². The lowest BCUT2D eigenvalue weighted by molar-refractivity contribution is 0.0577. The fourth-order valence-electron chi connectivity index (χ4n) is 2.68. The summed E-state index contributed by atoms with van der Waals surface area (Å²) in [5.41, 5.74) is 0.931. The minimum absolute atomic E-state index is 0.113. The van der Waals surface area contributed by atoms with Crippen LogP contribution in [0.4, 0.5) is 0 Å². The highest BCUT2D eigenvalue weighted by molar-refractivity contribution is 7.89. The zero-order valence-electron chi connectivity index (χ0n) is 12.7. The van der Waals surface area contributed by atoms with E-state index in [2.05, 4.69) is 10.0 Å². The van der Waals surface area contributed by atoms with Crippen LogP contribution in [-0.2, 0) is 14.8 Å². The SMILES string of the molecule is COCC1(CNS(=O)(=O)c2ccc(C)cc2)CCNCC1. The van der Waals surface area contributed by atoms with Crippen LogP contribution >= 0.6 is 0 Å². The Labute approximate surface area is 127 Å². The van der Waals surface area contributed by atoms with Gasteiger partial charge >= 0.3 is 0 Å². The lowest BCUT2D eigenvalue weighted by atomic mass is 9.80. The van der Waals surface area contributed by atoms with Crippen LogP contribution in [0.25, 0.3) is 0 Å². The van der Waals surface area contributed by atoms with E-state index < -0.39 is 10.0 Å². The van der Waals surface area contributed by atoms with E-state index >= 15 is 0 Å². The first kappa shape index (κ1) is 16.4. The van der Waals surface area contributed by atoms with Gasteiger partial charge in [-0.15, -0.1) is 0 Å². The molecule has 2 N–H and O–H groups in total. The zero-order chi connectivity index (χ0) is 15.3. The standard InChI is InChI=1S/C15H24N2O3S/c1-13-3-5-14(6-4-13)21(18,19)17-11-15(12-20-2)7-9-16-10-8-15/h3-6,16-17H,7-12H2,1-2H3. The molecule has 1 aromatic carbocycles. The summed E-state index contributed by atoms with van der Waals surface area (Å²) >= 11 is 0. The lowest BCUT2D eigenvalue weighted by Gasteiger charge is -2.37. The quantitative estimate of drug-likeness (QED) is 0.830. The number of benzene rings is 1. The van der Waals surface area contributed by atoms with Gasteiger partial charge in [-0.3, -0.25) is 0 Å². The molecule has 118 valence electrons. The van der Waals surface area contributed by atoms with E-state index in [1.807, 2.05) is 19.1 Å². The number of aryl methyl sites for hydroxylation is 1. The minimum Gasteiger partial charge on any atom is -0.384 e. The molecule has 0 aromatic heterocycles. The number of methoxy groups -OCH3 is 1. The number of rotatable bonds is 6. The predicted octanol–water partition coefficient (Wildman–Crippen LogP) is 1.29. The topological polar surface area (TPSA) is 67.4 Å². The average molecular weight is 312 g/mol. The van der Waals surface area contributed by atoms with Crippen molar-refractivity contribution in [3.63, 3.8) is 0 Å². The summed E-state index contributed by atoms with van der Waals surface area (Å²) in [4.78, 5) is 0.314. The van der Waals surface area contributed by atoms with Crippen LogP contribution in [0.2, 0.25) is 0 Å². The summed E-state index contributed by atoms with van der Waals surface area (Å²) in [6.45, 7) is 4.72. The molecule has 1 fully saturated rings. The number of ether oxygens (including phenoxy) is 1. The molecule has 0 unspecified atom stereocenters. The van der Waals surface area contributed by atoms with Gasteiger partial charge in [0.15, 0.2) is 0 Å². The molecule has 21 heavy (non-hydrogen) atoms. The fourth-order valence-corrected chi connectivity index (χ4v) is 3.84. The van der Waals surface area contributed by atoms with E-state index in [1.54, 1.807) is 19.2 Å². The van der Waals surface area contributed by atoms with Gasteiger partial charge < -0.3 is 10.1 Å². The van der Waals surface area contributed by atoms with Crippen LogP contribution in [-0.4, -0.2) is 41.8 Å². The van der Waals surface area contributed by atoms with Gasteiger partial charge in [0.1, 0.15) is 0 Å². The third-order valence-electron chi connectivity index (χ3n) is 4.08. The molecule has 1 aliphatic heterocycles. The smallest absolute Gasteiger partial charge is 0.240 e. The Hall–Kier alpha value is -0.950. The van der Waals surface area contributed by atoms with Crippen LogP contribution in [0.1, 0.15) is 18.4 Å². The van der Waals surface area contributed by atoms with Crippen molar-refractivity contribution in [3.05, 3.63) is 29.8 Å². The summed E-state index contributed by atoms with van der Waals surface area (Å²) in [5.74, 6) is 0. The number of piperidine rings is 1. The molecule has 0 saturated carbocycles. The first-order chi connectivity index (χ1) is 9.97. The van der Waals surface area contributed by atoms with E-state index in [9.17, 15) is 8.42 Å².